The van der Waals surface area contributed by atoms with E-state index in [9.17, 15) is 4.79 Å². The smallest absolute Gasteiger partial charge is 0.254 e. The second-order valence-corrected chi connectivity index (χ2v) is 9.15. The van der Waals surface area contributed by atoms with Gasteiger partial charge in [0.05, 0.1) is 48.1 Å². The summed E-state index contributed by atoms with van der Waals surface area (Å²) in [6.45, 7) is 3.08. The van der Waals surface area contributed by atoms with Gasteiger partial charge in [0.15, 0.2) is 0 Å². The molecule has 2 unspecified atom stereocenters. The largest absolute Gasteiger partial charge is 0.346 e. The number of carbonyl (C=O) groups is 1. The molecule has 6 rings (SSSR count). The van der Waals surface area contributed by atoms with Crippen LogP contribution in [-0.2, 0) is 13.1 Å². The average molecular weight is 460 g/mol. The molecular formula is C24H22ClN7O. The van der Waals surface area contributed by atoms with Gasteiger partial charge in [-0.3, -0.25) is 9.48 Å². The number of hydrogen-bond acceptors (Lipinski definition) is 4. The number of fused-ring (bicyclic) bond motifs is 2. The average Bonchev–Trinajstić information content (AvgIpc) is 3.17. The minimum Gasteiger partial charge on any atom is -0.346 e. The summed E-state index contributed by atoms with van der Waals surface area (Å²) in [5, 5.41) is 7.88. The van der Waals surface area contributed by atoms with Crippen molar-refractivity contribution in [1.29, 1.82) is 0 Å². The van der Waals surface area contributed by atoms with E-state index < -0.39 is 0 Å². The van der Waals surface area contributed by atoms with Crippen molar-refractivity contribution in [2.24, 2.45) is 5.92 Å². The highest BCUT2D eigenvalue weighted by molar-refractivity contribution is 6.30. The Labute approximate surface area is 194 Å². The molecule has 8 nitrogen and oxygen atoms in total. The number of imidazole rings is 2. The maximum atomic E-state index is 12.6. The number of amides is 1. The van der Waals surface area contributed by atoms with Crippen LogP contribution in [0.1, 0.15) is 46.6 Å². The van der Waals surface area contributed by atoms with Crippen LogP contribution < -0.4 is 5.32 Å². The van der Waals surface area contributed by atoms with Crippen molar-refractivity contribution in [2.45, 2.75) is 32.4 Å². The SMILES string of the molecule is CC1CC1c1ccc2nc(Cn3cc(C(=O)NCc4ncn5ccc(Cl)cc45)cn3)cn2c1. The summed E-state index contributed by atoms with van der Waals surface area (Å²) in [6.07, 6.45) is 12.3. The molecule has 1 fully saturated rings. The summed E-state index contributed by atoms with van der Waals surface area (Å²) < 4.78 is 5.68. The van der Waals surface area contributed by atoms with Crippen molar-refractivity contribution in [2.75, 3.05) is 0 Å². The molecule has 5 aromatic heterocycles. The van der Waals surface area contributed by atoms with E-state index in [2.05, 4.69) is 50.0 Å². The second-order valence-electron chi connectivity index (χ2n) is 8.72. The van der Waals surface area contributed by atoms with Crippen LogP contribution in [0.2, 0.25) is 5.02 Å². The van der Waals surface area contributed by atoms with Crippen molar-refractivity contribution in [3.8, 4) is 0 Å². The summed E-state index contributed by atoms with van der Waals surface area (Å²) >= 11 is 6.09. The molecular weight excluding hydrogens is 438 g/mol. The van der Waals surface area contributed by atoms with Gasteiger partial charge < -0.3 is 14.1 Å². The van der Waals surface area contributed by atoms with Crippen LogP contribution >= 0.6 is 11.6 Å². The van der Waals surface area contributed by atoms with E-state index in [-0.39, 0.29) is 5.91 Å². The van der Waals surface area contributed by atoms with Crippen LogP contribution in [0.3, 0.4) is 0 Å². The molecule has 2 atom stereocenters. The van der Waals surface area contributed by atoms with Crippen molar-refractivity contribution in [3.63, 3.8) is 0 Å². The van der Waals surface area contributed by atoms with E-state index in [1.54, 1.807) is 29.5 Å². The Morgan fingerprint density at radius 2 is 2.09 bits per heavy atom. The summed E-state index contributed by atoms with van der Waals surface area (Å²) in [4.78, 5) is 21.7. The first-order valence-corrected chi connectivity index (χ1v) is 11.3. The van der Waals surface area contributed by atoms with Crippen molar-refractivity contribution in [3.05, 3.63) is 89.1 Å². The van der Waals surface area contributed by atoms with Gasteiger partial charge >= 0.3 is 0 Å². The third-order valence-electron chi connectivity index (χ3n) is 6.28. The van der Waals surface area contributed by atoms with Crippen LogP contribution in [-0.4, -0.2) is 34.5 Å². The predicted octanol–water partition coefficient (Wildman–Crippen LogP) is 3.93. The molecule has 0 aliphatic heterocycles. The normalized spacial score (nSPS) is 17.6. The molecule has 0 bridgehead atoms. The molecule has 1 N–H and O–H groups in total. The fourth-order valence-corrected chi connectivity index (χ4v) is 4.46. The van der Waals surface area contributed by atoms with Crippen molar-refractivity contribution < 1.29 is 4.79 Å². The van der Waals surface area contributed by atoms with Crippen LogP contribution in [0.5, 0.6) is 0 Å². The molecule has 5 heterocycles. The molecule has 166 valence electrons. The summed E-state index contributed by atoms with van der Waals surface area (Å²) in [5.41, 5.74) is 5.29. The Balaban J connectivity index is 1.13. The van der Waals surface area contributed by atoms with E-state index >= 15 is 0 Å². The quantitative estimate of drug-likeness (QED) is 0.417. The summed E-state index contributed by atoms with van der Waals surface area (Å²) in [7, 11) is 0. The highest BCUT2D eigenvalue weighted by Crippen LogP contribution is 2.46. The Morgan fingerprint density at radius 1 is 1.21 bits per heavy atom. The van der Waals surface area contributed by atoms with E-state index in [1.165, 1.54) is 12.0 Å². The first-order chi connectivity index (χ1) is 16.0. The van der Waals surface area contributed by atoms with Crippen molar-refractivity contribution in [1.82, 2.24) is 33.9 Å². The lowest BCUT2D eigenvalue weighted by Crippen LogP contribution is -2.22. The maximum absolute atomic E-state index is 12.6. The summed E-state index contributed by atoms with van der Waals surface area (Å²) in [6, 6.07) is 7.87. The molecule has 0 spiro atoms. The van der Waals surface area contributed by atoms with Gasteiger partial charge in [-0.2, -0.15) is 5.10 Å². The minimum absolute atomic E-state index is 0.206. The Hall–Kier alpha value is -3.65. The van der Waals surface area contributed by atoms with Gasteiger partial charge in [-0.25, -0.2) is 9.97 Å². The number of rotatable bonds is 6. The second kappa shape index (κ2) is 7.74. The van der Waals surface area contributed by atoms with Crippen LogP contribution in [0.4, 0.5) is 0 Å². The molecule has 1 amide bonds. The van der Waals surface area contributed by atoms with E-state index in [1.807, 2.05) is 22.9 Å². The molecule has 5 aromatic rings. The number of pyridine rings is 2. The summed E-state index contributed by atoms with van der Waals surface area (Å²) in [5.74, 6) is 1.23. The zero-order valence-electron chi connectivity index (χ0n) is 18.0. The topological polar surface area (TPSA) is 81.5 Å². The van der Waals surface area contributed by atoms with E-state index in [4.69, 9.17) is 11.6 Å². The molecule has 1 aliphatic rings. The third kappa shape index (κ3) is 3.87. The number of nitrogens with zero attached hydrogens (tertiary/aromatic N) is 6. The third-order valence-corrected chi connectivity index (χ3v) is 6.51. The number of nitrogens with one attached hydrogen (secondary N) is 1. The van der Waals surface area contributed by atoms with Crippen LogP contribution in [0.15, 0.2) is 61.6 Å². The van der Waals surface area contributed by atoms with Gasteiger partial charge in [0.1, 0.15) is 5.65 Å². The minimum atomic E-state index is -0.206. The number of carbonyl (C=O) groups excluding carboxylic acids is 1. The van der Waals surface area contributed by atoms with Gasteiger partial charge in [-0.15, -0.1) is 0 Å². The monoisotopic (exact) mass is 459 g/mol. The highest BCUT2D eigenvalue weighted by Gasteiger charge is 2.34. The molecule has 1 saturated carbocycles. The van der Waals surface area contributed by atoms with Gasteiger partial charge in [-0.1, -0.05) is 24.6 Å². The lowest BCUT2D eigenvalue weighted by Gasteiger charge is -2.02. The Bertz CT molecular complexity index is 1500. The van der Waals surface area contributed by atoms with Gasteiger partial charge in [0, 0.05) is 29.8 Å². The molecule has 9 heteroatoms. The van der Waals surface area contributed by atoms with Gasteiger partial charge in [-0.05, 0) is 42.0 Å². The Morgan fingerprint density at radius 3 is 2.94 bits per heavy atom. The Kier molecular flexibility index (Phi) is 4.69. The lowest BCUT2D eigenvalue weighted by atomic mass is 10.1. The molecule has 0 radical (unpaired) electrons. The van der Waals surface area contributed by atoms with Crippen LogP contribution in [0.25, 0.3) is 11.2 Å². The number of hydrogen-bond donors (Lipinski definition) is 1. The van der Waals surface area contributed by atoms with E-state index in [0.29, 0.717) is 29.6 Å². The maximum Gasteiger partial charge on any atom is 0.254 e. The first-order valence-electron chi connectivity index (χ1n) is 10.9. The van der Waals surface area contributed by atoms with Crippen LogP contribution in [0, 0.1) is 5.92 Å². The molecule has 33 heavy (non-hydrogen) atoms. The zero-order valence-corrected chi connectivity index (χ0v) is 18.8. The number of halogens is 1. The lowest BCUT2D eigenvalue weighted by molar-refractivity contribution is 0.0950. The fraction of sp³-hybridized carbons (Fsp3) is 0.250. The molecule has 1 aliphatic carbocycles. The molecule has 0 saturated heterocycles. The highest BCUT2D eigenvalue weighted by atomic mass is 35.5. The van der Waals surface area contributed by atoms with Crippen molar-refractivity contribution >= 4 is 28.7 Å². The zero-order chi connectivity index (χ0) is 22.5. The van der Waals surface area contributed by atoms with Gasteiger partial charge in [0.2, 0.25) is 0 Å². The standard InChI is InChI=1S/C24H22ClN7O/c1-15-6-20(15)16-2-3-23-29-19(12-31(23)10-16)13-32-11-17(8-28-32)24(33)26-9-21-22-7-18(25)4-5-30(22)14-27-21/h2-5,7-8,10-12,14-15,20H,6,9,13H2,1H3,(H,26,33). The fourth-order valence-electron chi connectivity index (χ4n) is 4.30. The number of aromatic nitrogens is 6. The first kappa shape index (κ1) is 20.0. The van der Waals surface area contributed by atoms with E-state index in [0.717, 1.165) is 28.5 Å². The molecule has 0 aromatic carbocycles. The predicted molar refractivity (Wildman–Crippen MR) is 124 cm³/mol. The van der Waals surface area contributed by atoms with Gasteiger partial charge in [0.25, 0.3) is 5.91 Å².